The van der Waals surface area contributed by atoms with E-state index in [0.717, 1.165) is 29.8 Å². The number of carbonyl (C=O) groups is 1. The maximum atomic E-state index is 14.4. The second kappa shape index (κ2) is 9.41. The van der Waals surface area contributed by atoms with Crippen molar-refractivity contribution in [2.45, 2.75) is 44.3 Å². The summed E-state index contributed by atoms with van der Waals surface area (Å²) < 4.78 is 42.7. The monoisotopic (exact) mass is 456 g/mol. The van der Waals surface area contributed by atoms with Crippen molar-refractivity contribution < 1.29 is 28.2 Å². The van der Waals surface area contributed by atoms with E-state index in [1.54, 1.807) is 18.5 Å². The molecule has 0 spiro atoms. The lowest BCUT2D eigenvalue weighted by molar-refractivity contribution is -0.0457. The van der Waals surface area contributed by atoms with Gasteiger partial charge in [-0.05, 0) is 66.1 Å². The van der Waals surface area contributed by atoms with Crippen molar-refractivity contribution >= 4 is 5.78 Å². The zero-order valence-corrected chi connectivity index (χ0v) is 17.9. The van der Waals surface area contributed by atoms with Gasteiger partial charge in [0.25, 0.3) is 0 Å². The third-order valence-corrected chi connectivity index (χ3v) is 6.22. The number of hydrogen-bond donors (Lipinski definition) is 2. The molecule has 1 fully saturated rings. The van der Waals surface area contributed by atoms with Crippen LogP contribution >= 0.6 is 0 Å². The zero-order valence-electron chi connectivity index (χ0n) is 17.9. The Bertz CT molecular complexity index is 1160. The van der Waals surface area contributed by atoms with Crippen LogP contribution in [0.25, 0.3) is 11.3 Å². The molecule has 0 radical (unpaired) electrons. The Labute approximate surface area is 189 Å². The van der Waals surface area contributed by atoms with E-state index >= 15 is 0 Å². The van der Waals surface area contributed by atoms with Gasteiger partial charge in [0.1, 0.15) is 28.8 Å². The van der Waals surface area contributed by atoms with Gasteiger partial charge in [-0.25, -0.2) is 18.2 Å². The van der Waals surface area contributed by atoms with E-state index in [-0.39, 0.29) is 24.0 Å². The van der Waals surface area contributed by atoms with Crippen LogP contribution in [0.4, 0.5) is 13.2 Å². The van der Waals surface area contributed by atoms with Crippen LogP contribution in [0.5, 0.6) is 0 Å². The Kier molecular flexibility index (Phi) is 6.58. The van der Waals surface area contributed by atoms with Crippen molar-refractivity contribution in [2.75, 3.05) is 0 Å². The number of carbonyl (C=O) groups excluding carboxylic acids is 1. The largest absolute Gasteiger partial charge is 0.390 e. The first kappa shape index (κ1) is 23.1. The predicted molar refractivity (Wildman–Crippen MR) is 115 cm³/mol. The second-order valence-electron chi connectivity index (χ2n) is 8.50. The topological polar surface area (TPSA) is 83.3 Å². The molecule has 0 bridgehead atoms. The molecule has 1 aliphatic carbocycles. The van der Waals surface area contributed by atoms with Gasteiger partial charge in [-0.3, -0.25) is 9.78 Å². The van der Waals surface area contributed by atoms with Gasteiger partial charge < -0.3 is 10.2 Å². The van der Waals surface area contributed by atoms with Crippen molar-refractivity contribution in [3.05, 3.63) is 83.1 Å². The van der Waals surface area contributed by atoms with Gasteiger partial charge in [0.05, 0.1) is 17.8 Å². The van der Waals surface area contributed by atoms with Crippen molar-refractivity contribution in [3.8, 4) is 11.3 Å². The van der Waals surface area contributed by atoms with Crippen molar-refractivity contribution in [1.82, 2.24) is 9.97 Å². The predicted octanol–water partition coefficient (Wildman–Crippen LogP) is 4.22. The van der Waals surface area contributed by atoms with Crippen LogP contribution in [0.15, 0.2) is 48.8 Å². The summed E-state index contributed by atoms with van der Waals surface area (Å²) in [5, 5.41) is 20.2. The molecule has 2 aromatic heterocycles. The molecule has 1 saturated carbocycles. The number of benzene rings is 1. The third kappa shape index (κ3) is 4.67. The van der Waals surface area contributed by atoms with Gasteiger partial charge in [0.2, 0.25) is 0 Å². The SMILES string of the molecule is C[C@@H]1C[C@@H](c2ccncc2CC(=O)c2ccc(F)c(-c3c(F)cccc3F)n2)C[C@@H](O)[C@H]1O. The molecular formula is C25H23F3N2O3. The number of pyridine rings is 2. The highest BCUT2D eigenvalue weighted by atomic mass is 19.1. The molecule has 8 heteroatoms. The molecule has 5 nitrogen and oxygen atoms in total. The number of hydrogen-bond acceptors (Lipinski definition) is 5. The minimum absolute atomic E-state index is 0.0755. The number of ketones is 1. The molecule has 0 saturated heterocycles. The Hall–Kier alpha value is -3.10. The van der Waals surface area contributed by atoms with Crippen LogP contribution < -0.4 is 0 Å². The number of aliphatic hydroxyl groups excluding tert-OH is 2. The van der Waals surface area contributed by atoms with Crippen molar-refractivity contribution in [1.29, 1.82) is 0 Å². The molecule has 4 rings (SSSR count). The van der Waals surface area contributed by atoms with Crippen molar-refractivity contribution in [2.24, 2.45) is 5.92 Å². The van der Waals surface area contributed by atoms with Gasteiger partial charge in [0, 0.05) is 18.8 Å². The molecular weight excluding hydrogens is 433 g/mol. The Morgan fingerprint density at radius 3 is 2.45 bits per heavy atom. The van der Waals surface area contributed by atoms with Gasteiger partial charge in [-0.2, -0.15) is 0 Å². The smallest absolute Gasteiger partial charge is 0.185 e. The van der Waals surface area contributed by atoms with Crippen LogP contribution in [-0.2, 0) is 6.42 Å². The lowest BCUT2D eigenvalue weighted by Crippen LogP contribution is -2.39. The molecule has 3 aromatic rings. The van der Waals surface area contributed by atoms with Gasteiger partial charge in [0.15, 0.2) is 5.78 Å². The lowest BCUT2D eigenvalue weighted by atomic mass is 9.74. The fraction of sp³-hybridized carbons (Fsp3) is 0.320. The standard InChI is InChI=1S/C25H23F3N2O3/c1-13-9-14(10-22(32)25(13)33)16-7-8-29-12-15(16)11-21(31)20-6-5-19(28)24(30-20)23-17(26)3-2-4-18(23)27/h2-8,12-14,22,25,32-33H,9-11H2,1H3/t13-,14-,22-,25+/m1/s1. The molecule has 0 amide bonds. The second-order valence-corrected chi connectivity index (χ2v) is 8.50. The molecule has 4 atom stereocenters. The van der Waals surface area contributed by atoms with E-state index < -0.39 is 46.7 Å². The Morgan fingerprint density at radius 2 is 1.76 bits per heavy atom. The highest BCUT2D eigenvalue weighted by molar-refractivity contribution is 5.96. The molecule has 0 unspecified atom stereocenters. The summed E-state index contributed by atoms with van der Waals surface area (Å²) >= 11 is 0. The normalized spacial score (nSPS) is 22.8. The van der Waals surface area contributed by atoms with E-state index in [4.69, 9.17) is 0 Å². The van der Waals surface area contributed by atoms with Crippen LogP contribution in [-0.4, -0.2) is 38.2 Å². The summed E-state index contributed by atoms with van der Waals surface area (Å²) in [7, 11) is 0. The number of halogens is 3. The first-order chi connectivity index (χ1) is 15.8. The Morgan fingerprint density at radius 1 is 1.03 bits per heavy atom. The summed E-state index contributed by atoms with van der Waals surface area (Å²) in [4.78, 5) is 21.0. The molecule has 172 valence electrons. The third-order valence-electron chi connectivity index (χ3n) is 6.22. The maximum Gasteiger partial charge on any atom is 0.185 e. The summed E-state index contributed by atoms with van der Waals surface area (Å²) in [6.07, 6.45) is 2.36. The van der Waals surface area contributed by atoms with Crippen LogP contribution in [0.2, 0.25) is 0 Å². The van der Waals surface area contributed by atoms with E-state index in [2.05, 4.69) is 9.97 Å². The molecule has 2 N–H and O–H groups in total. The number of rotatable bonds is 5. The zero-order chi connectivity index (χ0) is 23.7. The van der Waals surface area contributed by atoms with Crippen LogP contribution in [0, 0.1) is 23.4 Å². The van der Waals surface area contributed by atoms with Gasteiger partial charge >= 0.3 is 0 Å². The van der Waals surface area contributed by atoms with E-state index in [9.17, 15) is 28.2 Å². The molecule has 1 aromatic carbocycles. The first-order valence-electron chi connectivity index (χ1n) is 10.7. The summed E-state index contributed by atoms with van der Waals surface area (Å²) in [5.41, 5.74) is 0.125. The highest BCUT2D eigenvalue weighted by Gasteiger charge is 2.34. The molecule has 1 aliphatic rings. The van der Waals surface area contributed by atoms with Gasteiger partial charge in [-0.1, -0.05) is 13.0 Å². The summed E-state index contributed by atoms with van der Waals surface area (Å²) in [6, 6.07) is 7.07. The fourth-order valence-corrected chi connectivity index (χ4v) is 4.49. The summed E-state index contributed by atoms with van der Waals surface area (Å²) in [6.45, 7) is 1.86. The molecule has 33 heavy (non-hydrogen) atoms. The van der Waals surface area contributed by atoms with Crippen molar-refractivity contribution in [3.63, 3.8) is 0 Å². The number of nitrogens with zero attached hydrogens (tertiary/aromatic N) is 2. The maximum absolute atomic E-state index is 14.4. The summed E-state index contributed by atoms with van der Waals surface area (Å²) in [5.74, 6) is -3.56. The number of aliphatic hydroxyl groups is 2. The van der Waals surface area contributed by atoms with E-state index in [0.29, 0.717) is 18.4 Å². The number of aromatic nitrogens is 2. The van der Waals surface area contributed by atoms with Crippen LogP contribution in [0.3, 0.4) is 0 Å². The quantitative estimate of drug-likeness (QED) is 0.562. The molecule has 2 heterocycles. The van der Waals surface area contributed by atoms with E-state index in [1.807, 2.05) is 6.92 Å². The fourth-order valence-electron chi connectivity index (χ4n) is 4.49. The molecule has 0 aliphatic heterocycles. The van der Waals surface area contributed by atoms with Crippen LogP contribution in [0.1, 0.15) is 47.3 Å². The first-order valence-corrected chi connectivity index (χ1v) is 10.7. The highest BCUT2D eigenvalue weighted by Crippen LogP contribution is 2.38. The minimum Gasteiger partial charge on any atom is -0.390 e. The average molecular weight is 456 g/mol. The van der Waals surface area contributed by atoms with E-state index in [1.165, 1.54) is 6.07 Å². The Balaban J connectivity index is 1.63. The lowest BCUT2D eigenvalue weighted by Gasteiger charge is -2.36. The average Bonchev–Trinajstić information content (AvgIpc) is 2.78. The van der Waals surface area contributed by atoms with Gasteiger partial charge in [-0.15, -0.1) is 0 Å². The minimum atomic E-state index is -0.979. The number of Topliss-reactive ketones (excluding diaryl/α,β-unsaturated/α-hetero) is 1.